The third-order valence-electron chi connectivity index (χ3n) is 5.97. The van der Waals surface area contributed by atoms with Gasteiger partial charge in [0.15, 0.2) is 0 Å². The maximum absolute atomic E-state index is 12.8. The van der Waals surface area contributed by atoms with E-state index < -0.39 is 10.0 Å². The minimum absolute atomic E-state index is 0.0470. The average Bonchev–Trinajstić information content (AvgIpc) is 2.82. The highest BCUT2D eigenvalue weighted by molar-refractivity contribution is 7.89. The Kier molecular flexibility index (Phi) is 9.11. The molecule has 7 heteroatoms. The van der Waals surface area contributed by atoms with Crippen LogP contribution in [0.25, 0.3) is 0 Å². The number of nitrogens with one attached hydrogen (secondary N) is 1. The Bertz CT molecular complexity index is 963. The number of carbonyl (C=O) groups is 1. The second-order valence-corrected chi connectivity index (χ2v) is 10.4. The zero-order valence-electron chi connectivity index (χ0n) is 18.8. The summed E-state index contributed by atoms with van der Waals surface area (Å²) in [6.07, 6.45) is 4.40. The van der Waals surface area contributed by atoms with Crippen LogP contribution < -0.4 is 10.1 Å². The summed E-state index contributed by atoms with van der Waals surface area (Å²) in [6, 6.07) is 17.8. The van der Waals surface area contributed by atoms with Gasteiger partial charge in [0.05, 0.1) is 18.8 Å². The highest BCUT2D eigenvalue weighted by Gasteiger charge is 2.31. The van der Waals surface area contributed by atoms with Crippen LogP contribution in [-0.2, 0) is 27.7 Å². The van der Waals surface area contributed by atoms with E-state index in [1.165, 1.54) is 4.31 Å². The topological polar surface area (TPSA) is 75.7 Å². The summed E-state index contributed by atoms with van der Waals surface area (Å²) >= 11 is 0. The molecule has 0 bridgehead atoms. The number of hydrogen-bond acceptors (Lipinski definition) is 4. The van der Waals surface area contributed by atoms with Gasteiger partial charge in [-0.1, -0.05) is 48.5 Å². The fourth-order valence-electron chi connectivity index (χ4n) is 4.19. The molecule has 1 amide bonds. The predicted octanol–water partition coefficient (Wildman–Crippen LogP) is 3.42. The number of benzene rings is 2. The molecule has 3 rings (SSSR count). The van der Waals surface area contributed by atoms with Crippen molar-refractivity contribution in [3.8, 4) is 5.75 Å². The molecule has 2 aromatic rings. The minimum atomic E-state index is -3.35. The van der Waals surface area contributed by atoms with Crippen LogP contribution in [0, 0.1) is 5.92 Å². The van der Waals surface area contributed by atoms with E-state index in [1.54, 1.807) is 7.11 Å². The molecule has 0 aromatic heterocycles. The van der Waals surface area contributed by atoms with Crippen molar-refractivity contribution in [3.63, 3.8) is 0 Å². The number of aryl methyl sites for hydroxylation is 2. The quantitative estimate of drug-likeness (QED) is 0.524. The first kappa shape index (κ1) is 24.3. The maximum atomic E-state index is 12.8. The van der Waals surface area contributed by atoms with Crippen molar-refractivity contribution in [3.05, 3.63) is 65.7 Å². The number of piperidine rings is 1. The van der Waals surface area contributed by atoms with Crippen LogP contribution in [-0.4, -0.2) is 51.1 Å². The second kappa shape index (κ2) is 12.0. The molecular formula is C25H34N2O4S. The van der Waals surface area contributed by atoms with E-state index in [0.717, 1.165) is 49.0 Å². The first-order chi connectivity index (χ1) is 15.5. The van der Waals surface area contributed by atoms with E-state index >= 15 is 0 Å². The zero-order chi connectivity index (χ0) is 22.8. The smallest absolute Gasteiger partial charge is 0.224 e. The first-order valence-corrected chi connectivity index (χ1v) is 13.0. The van der Waals surface area contributed by atoms with Crippen molar-refractivity contribution in [2.45, 2.75) is 38.5 Å². The van der Waals surface area contributed by atoms with Gasteiger partial charge in [0.25, 0.3) is 0 Å². The lowest BCUT2D eigenvalue weighted by Gasteiger charge is -2.31. The molecule has 1 heterocycles. The summed E-state index contributed by atoms with van der Waals surface area (Å²) in [6.45, 7) is 1.36. The molecule has 0 spiro atoms. The summed E-state index contributed by atoms with van der Waals surface area (Å²) in [5.74, 6) is 0.655. The molecule has 1 unspecified atom stereocenters. The second-order valence-electron chi connectivity index (χ2n) is 8.31. The van der Waals surface area contributed by atoms with Gasteiger partial charge in [-0.2, -0.15) is 0 Å². The molecule has 0 aliphatic carbocycles. The van der Waals surface area contributed by atoms with Crippen LogP contribution in [0.5, 0.6) is 5.75 Å². The molecule has 1 aliphatic heterocycles. The molecule has 1 aliphatic rings. The first-order valence-electron chi connectivity index (χ1n) is 11.4. The maximum Gasteiger partial charge on any atom is 0.224 e. The SMILES string of the molecule is COc1ccccc1CCCNC(=O)C1CCCN(S(=O)(=O)CCCc2ccccc2)C1. The fraction of sp³-hybridized carbons (Fsp3) is 0.480. The summed E-state index contributed by atoms with van der Waals surface area (Å²) in [4.78, 5) is 12.6. The molecule has 1 atom stereocenters. The van der Waals surface area contributed by atoms with Crippen LogP contribution in [0.1, 0.15) is 36.8 Å². The van der Waals surface area contributed by atoms with Crippen LogP contribution in [0.3, 0.4) is 0 Å². The molecule has 1 N–H and O–H groups in total. The third kappa shape index (κ3) is 7.07. The lowest BCUT2D eigenvalue weighted by molar-refractivity contribution is -0.126. The Hall–Kier alpha value is -2.38. The van der Waals surface area contributed by atoms with E-state index in [0.29, 0.717) is 19.5 Å². The normalized spacial score (nSPS) is 17.1. The fourth-order valence-corrected chi connectivity index (χ4v) is 5.77. The van der Waals surface area contributed by atoms with Gasteiger partial charge in [-0.15, -0.1) is 0 Å². The van der Waals surface area contributed by atoms with Crippen LogP contribution in [0.15, 0.2) is 54.6 Å². The largest absolute Gasteiger partial charge is 0.496 e. The Morgan fingerprint density at radius 1 is 1.06 bits per heavy atom. The molecule has 32 heavy (non-hydrogen) atoms. The molecule has 6 nitrogen and oxygen atoms in total. The predicted molar refractivity (Wildman–Crippen MR) is 127 cm³/mol. The molecule has 174 valence electrons. The van der Waals surface area contributed by atoms with Gasteiger partial charge in [-0.05, 0) is 55.7 Å². The molecule has 1 fully saturated rings. The number of ether oxygens (including phenoxy) is 1. The summed E-state index contributed by atoms with van der Waals surface area (Å²) < 4.78 is 32.5. The van der Waals surface area contributed by atoms with Crippen molar-refractivity contribution in [2.24, 2.45) is 5.92 Å². The average molecular weight is 459 g/mol. The molecule has 0 radical (unpaired) electrons. The molecule has 1 saturated heterocycles. The highest BCUT2D eigenvalue weighted by atomic mass is 32.2. The highest BCUT2D eigenvalue weighted by Crippen LogP contribution is 2.21. The van der Waals surface area contributed by atoms with Crippen LogP contribution in [0.2, 0.25) is 0 Å². The number of para-hydroxylation sites is 1. The minimum Gasteiger partial charge on any atom is -0.496 e. The molecular weight excluding hydrogens is 424 g/mol. The monoisotopic (exact) mass is 458 g/mol. The zero-order valence-corrected chi connectivity index (χ0v) is 19.6. The van der Waals surface area contributed by atoms with Crippen molar-refractivity contribution < 1.29 is 17.9 Å². The van der Waals surface area contributed by atoms with Gasteiger partial charge in [0.1, 0.15) is 5.75 Å². The van der Waals surface area contributed by atoms with Crippen LogP contribution >= 0.6 is 0 Å². The lowest BCUT2D eigenvalue weighted by Crippen LogP contribution is -2.46. The Morgan fingerprint density at radius 2 is 1.81 bits per heavy atom. The number of sulfonamides is 1. The van der Waals surface area contributed by atoms with Gasteiger partial charge < -0.3 is 10.1 Å². The summed E-state index contributed by atoms with van der Waals surface area (Å²) in [5, 5.41) is 3.00. The Labute approximate surface area is 192 Å². The number of rotatable bonds is 11. The third-order valence-corrected chi connectivity index (χ3v) is 7.90. The lowest BCUT2D eigenvalue weighted by atomic mass is 9.99. The van der Waals surface area contributed by atoms with Crippen LogP contribution in [0.4, 0.5) is 0 Å². The van der Waals surface area contributed by atoms with E-state index in [4.69, 9.17) is 4.74 Å². The number of methoxy groups -OCH3 is 1. The van der Waals surface area contributed by atoms with Gasteiger partial charge in [0, 0.05) is 19.6 Å². The van der Waals surface area contributed by atoms with Gasteiger partial charge in [-0.25, -0.2) is 12.7 Å². The van der Waals surface area contributed by atoms with Crippen molar-refractivity contribution in [1.29, 1.82) is 0 Å². The van der Waals surface area contributed by atoms with E-state index in [1.807, 2.05) is 54.6 Å². The van der Waals surface area contributed by atoms with E-state index in [-0.39, 0.29) is 24.1 Å². The van der Waals surface area contributed by atoms with E-state index in [2.05, 4.69) is 5.32 Å². The Balaban J connectivity index is 1.42. The van der Waals surface area contributed by atoms with Crippen molar-refractivity contribution in [1.82, 2.24) is 9.62 Å². The van der Waals surface area contributed by atoms with Crippen molar-refractivity contribution in [2.75, 3.05) is 32.5 Å². The summed E-state index contributed by atoms with van der Waals surface area (Å²) in [5.41, 5.74) is 2.27. The van der Waals surface area contributed by atoms with Crippen molar-refractivity contribution >= 4 is 15.9 Å². The number of hydrogen-bond donors (Lipinski definition) is 1. The number of amides is 1. The summed E-state index contributed by atoms with van der Waals surface area (Å²) in [7, 11) is -1.69. The van der Waals surface area contributed by atoms with Gasteiger partial charge in [-0.3, -0.25) is 4.79 Å². The molecule has 2 aromatic carbocycles. The number of nitrogens with zero attached hydrogens (tertiary/aromatic N) is 1. The molecule has 0 saturated carbocycles. The van der Waals surface area contributed by atoms with E-state index in [9.17, 15) is 13.2 Å². The Morgan fingerprint density at radius 3 is 2.59 bits per heavy atom. The standard InChI is InChI=1S/C25H34N2O4S/c1-31-24-16-6-5-13-22(24)14-7-17-26-25(28)23-15-8-18-27(20-23)32(29,30)19-9-12-21-10-3-2-4-11-21/h2-6,10-11,13,16,23H,7-9,12,14-15,17-20H2,1H3,(H,26,28). The van der Waals surface area contributed by atoms with Gasteiger partial charge in [0.2, 0.25) is 15.9 Å². The number of carbonyl (C=O) groups excluding carboxylic acids is 1. The van der Waals surface area contributed by atoms with Gasteiger partial charge >= 0.3 is 0 Å².